The lowest BCUT2D eigenvalue weighted by Crippen LogP contribution is -2.47. The number of unbranched alkanes of at least 4 members (excludes halogenated alkanes) is 8. The third kappa shape index (κ3) is 6.75. The quantitative estimate of drug-likeness (QED) is 0.305. The van der Waals surface area contributed by atoms with E-state index in [9.17, 15) is 24.9 Å². The van der Waals surface area contributed by atoms with Gasteiger partial charge in [-0.1, -0.05) is 58.3 Å². The minimum atomic E-state index is -1.71. The number of hydrogen-bond acceptors (Lipinski definition) is 6. The molecule has 0 aromatic rings. The van der Waals surface area contributed by atoms with Crippen LogP contribution in [0.3, 0.4) is 0 Å². The second-order valence-electron chi connectivity index (χ2n) is 6.40. The molecule has 0 aromatic heterocycles. The molecule has 0 saturated carbocycles. The second kappa shape index (κ2) is 11.4. The maximum atomic E-state index is 11.8. The Morgan fingerprint density at radius 1 is 1.08 bits per heavy atom. The summed E-state index contributed by atoms with van der Waals surface area (Å²) >= 11 is 0. The van der Waals surface area contributed by atoms with Crippen LogP contribution in [0.15, 0.2) is 0 Å². The molecule has 0 bridgehead atoms. The first-order valence-corrected chi connectivity index (χ1v) is 9.01. The molecule has 1 aliphatic heterocycles. The van der Waals surface area contributed by atoms with E-state index in [4.69, 9.17) is 0 Å². The van der Waals surface area contributed by atoms with Crippen LogP contribution in [0.25, 0.3) is 0 Å². The molecule has 24 heavy (non-hydrogen) atoms. The smallest absolute Gasteiger partial charge is 0.338 e. The first kappa shape index (κ1) is 20.9. The summed E-state index contributed by atoms with van der Waals surface area (Å²) in [7, 11) is 0. The largest absolute Gasteiger partial charge is 0.454 e. The number of aliphatic hydroxyl groups is 3. The average Bonchev–Trinajstić information content (AvgIpc) is 2.83. The third-order valence-corrected chi connectivity index (χ3v) is 4.31. The van der Waals surface area contributed by atoms with Crippen molar-refractivity contribution in [1.29, 1.82) is 0 Å². The van der Waals surface area contributed by atoms with Crippen molar-refractivity contribution in [3.05, 3.63) is 0 Å². The molecule has 0 aromatic carbocycles. The molecule has 4 atom stereocenters. The van der Waals surface area contributed by atoms with Gasteiger partial charge in [-0.2, -0.15) is 0 Å². The molecule has 1 aliphatic rings. The second-order valence-corrected chi connectivity index (χ2v) is 6.40. The molecule has 0 aliphatic carbocycles. The summed E-state index contributed by atoms with van der Waals surface area (Å²) in [5.41, 5.74) is 0. The molecule has 1 rings (SSSR count). The number of ether oxygens (including phenoxy) is 1. The molecule has 1 unspecified atom stereocenters. The molecule has 1 saturated heterocycles. The van der Waals surface area contributed by atoms with Crippen LogP contribution < -0.4 is 5.32 Å². The highest BCUT2D eigenvalue weighted by molar-refractivity contribution is 5.84. The SMILES string of the molecule is CCCCCCCCCCCNC(=O)C(O)[C@H]1OC(=O)[C@@H](O)[C@H]1O. The van der Waals surface area contributed by atoms with Gasteiger partial charge in [0.25, 0.3) is 5.91 Å². The van der Waals surface area contributed by atoms with E-state index in [2.05, 4.69) is 17.0 Å². The van der Waals surface area contributed by atoms with E-state index in [-0.39, 0.29) is 0 Å². The lowest BCUT2D eigenvalue weighted by Gasteiger charge is -2.19. The van der Waals surface area contributed by atoms with Gasteiger partial charge in [0.1, 0.15) is 6.10 Å². The standard InChI is InChI=1S/C17H31NO6/c1-2-3-4-5-6-7-8-9-10-11-18-16(22)14(21)15-12(19)13(20)17(23)24-15/h12-15,19-21H,2-11H2,1H3,(H,18,22)/t12-,13+,14?,15+/m1/s1. The fourth-order valence-electron chi connectivity index (χ4n) is 2.74. The summed E-state index contributed by atoms with van der Waals surface area (Å²) in [4.78, 5) is 22.9. The Morgan fingerprint density at radius 2 is 1.62 bits per heavy atom. The Kier molecular flexibility index (Phi) is 9.90. The number of amides is 1. The van der Waals surface area contributed by atoms with E-state index in [0.717, 1.165) is 19.3 Å². The number of rotatable bonds is 12. The van der Waals surface area contributed by atoms with Crippen LogP contribution in [0.2, 0.25) is 0 Å². The maximum absolute atomic E-state index is 11.8. The first-order chi connectivity index (χ1) is 11.5. The monoisotopic (exact) mass is 345 g/mol. The number of aliphatic hydroxyl groups excluding tert-OH is 3. The van der Waals surface area contributed by atoms with E-state index in [0.29, 0.717) is 6.54 Å². The molecular formula is C17H31NO6. The van der Waals surface area contributed by atoms with Crippen molar-refractivity contribution in [3.8, 4) is 0 Å². The van der Waals surface area contributed by atoms with Crippen LogP contribution in [0.1, 0.15) is 64.7 Å². The van der Waals surface area contributed by atoms with E-state index < -0.39 is 36.3 Å². The van der Waals surface area contributed by atoms with Gasteiger partial charge in [0.15, 0.2) is 18.3 Å². The van der Waals surface area contributed by atoms with Crippen LogP contribution in [0.5, 0.6) is 0 Å². The van der Waals surface area contributed by atoms with Crippen molar-refractivity contribution in [2.45, 2.75) is 89.1 Å². The first-order valence-electron chi connectivity index (χ1n) is 9.01. The van der Waals surface area contributed by atoms with Crippen LogP contribution in [0.4, 0.5) is 0 Å². The van der Waals surface area contributed by atoms with Gasteiger partial charge in [0.05, 0.1) is 0 Å². The highest BCUT2D eigenvalue weighted by Crippen LogP contribution is 2.19. The van der Waals surface area contributed by atoms with Gasteiger partial charge in [-0.25, -0.2) is 4.79 Å². The summed E-state index contributed by atoms with van der Waals surface area (Å²) in [5, 5.41) is 31.2. The van der Waals surface area contributed by atoms with Crippen molar-refractivity contribution < 1.29 is 29.6 Å². The summed E-state index contributed by atoms with van der Waals surface area (Å²) in [5.74, 6) is -1.74. The number of nitrogens with one attached hydrogen (secondary N) is 1. The van der Waals surface area contributed by atoms with Crippen LogP contribution in [0, 0.1) is 0 Å². The Hall–Kier alpha value is -1.18. The van der Waals surface area contributed by atoms with Crippen LogP contribution in [-0.2, 0) is 14.3 Å². The average molecular weight is 345 g/mol. The third-order valence-electron chi connectivity index (χ3n) is 4.31. The number of cyclic esters (lactones) is 1. The normalized spacial score (nSPS) is 24.7. The predicted octanol–water partition coefficient (Wildman–Crippen LogP) is 0.641. The van der Waals surface area contributed by atoms with Gasteiger partial charge in [0.2, 0.25) is 0 Å². The highest BCUT2D eigenvalue weighted by atomic mass is 16.6. The van der Waals surface area contributed by atoms with Crippen LogP contribution >= 0.6 is 0 Å². The van der Waals surface area contributed by atoms with Gasteiger partial charge in [-0.3, -0.25) is 4.79 Å². The molecule has 4 N–H and O–H groups in total. The van der Waals surface area contributed by atoms with Gasteiger partial charge >= 0.3 is 5.97 Å². The molecule has 7 nitrogen and oxygen atoms in total. The van der Waals surface area contributed by atoms with Gasteiger partial charge < -0.3 is 25.4 Å². The van der Waals surface area contributed by atoms with Crippen molar-refractivity contribution in [2.75, 3.05) is 6.54 Å². The lowest BCUT2D eigenvalue weighted by molar-refractivity contribution is -0.153. The fourth-order valence-corrected chi connectivity index (χ4v) is 2.74. The van der Waals surface area contributed by atoms with Crippen molar-refractivity contribution in [2.24, 2.45) is 0 Å². The zero-order valence-corrected chi connectivity index (χ0v) is 14.4. The predicted molar refractivity (Wildman–Crippen MR) is 88.1 cm³/mol. The highest BCUT2D eigenvalue weighted by Gasteiger charge is 2.48. The Morgan fingerprint density at radius 3 is 2.12 bits per heavy atom. The van der Waals surface area contributed by atoms with Crippen molar-refractivity contribution >= 4 is 11.9 Å². The number of esters is 1. The van der Waals surface area contributed by atoms with Gasteiger partial charge in [-0.05, 0) is 6.42 Å². The van der Waals surface area contributed by atoms with E-state index in [1.165, 1.54) is 38.5 Å². The molecule has 140 valence electrons. The summed E-state index contributed by atoms with van der Waals surface area (Å²) in [6.07, 6.45) is 4.11. The zero-order valence-electron chi connectivity index (χ0n) is 14.4. The Labute approximate surface area is 143 Å². The molecule has 1 fully saturated rings. The number of carbonyl (C=O) groups excluding carboxylic acids is 2. The number of carbonyl (C=O) groups is 2. The topological polar surface area (TPSA) is 116 Å². The fraction of sp³-hybridized carbons (Fsp3) is 0.882. The molecule has 7 heteroatoms. The van der Waals surface area contributed by atoms with E-state index in [1.54, 1.807) is 0 Å². The summed E-state index contributed by atoms with van der Waals surface area (Å²) in [6, 6.07) is 0. The lowest BCUT2D eigenvalue weighted by atomic mass is 10.1. The van der Waals surface area contributed by atoms with Gasteiger partial charge in [0, 0.05) is 6.54 Å². The van der Waals surface area contributed by atoms with Gasteiger partial charge in [-0.15, -0.1) is 0 Å². The molecule has 1 amide bonds. The minimum Gasteiger partial charge on any atom is -0.454 e. The molecular weight excluding hydrogens is 314 g/mol. The minimum absolute atomic E-state index is 0.422. The van der Waals surface area contributed by atoms with E-state index >= 15 is 0 Å². The summed E-state index contributed by atoms with van der Waals surface area (Å²) < 4.78 is 4.62. The Balaban J connectivity index is 2.06. The Bertz CT molecular complexity index is 389. The maximum Gasteiger partial charge on any atom is 0.338 e. The van der Waals surface area contributed by atoms with Crippen molar-refractivity contribution in [3.63, 3.8) is 0 Å². The van der Waals surface area contributed by atoms with Crippen molar-refractivity contribution in [1.82, 2.24) is 5.32 Å². The molecule has 0 radical (unpaired) electrons. The number of hydrogen-bond donors (Lipinski definition) is 4. The summed E-state index contributed by atoms with van der Waals surface area (Å²) in [6.45, 7) is 2.62. The molecule has 0 spiro atoms. The molecule has 1 heterocycles. The van der Waals surface area contributed by atoms with E-state index in [1.807, 2.05) is 0 Å². The van der Waals surface area contributed by atoms with Crippen LogP contribution in [-0.4, -0.2) is 58.2 Å². The zero-order chi connectivity index (χ0) is 17.9.